The normalized spacial score (nSPS) is 21.0. The van der Waals surface area contributed by atoms with Crippen LogP contribution in [0.15, 0.2) is 71.8 Å². The van der Waals surface area contributed by atoms with E-state index in [1.54, 1.807) is 28.7 Å². The number of likely N-dealkylation sites (tertiary alicyclic amines) is 1. The van der Waals surface area contributed by atoms with E-state index >= 15 is 0 Å². The number of fused-ring (bicyclic) bond motifs is 2. The number of hydrogen-bond acceptors (Lipinski definition) is 12. The number of Topliss-reactive ketones (excluding diaryl/α,β-unsaturated/α-hetero) is 1. The maximum atomic E-state index is 13.6. The number of imide groups is 1. The molecule has 5 aromatic rings. The van der Waals surface area contributed by atoms with Crippen molar-refractivity contribution in [3.63, 3.8) is 0 Å². The Bertz CT molecular complexity index is 2790. The summed E-state index contributed by atoms with van der Waals surface area (Å²) in [6, 6.07) is 18.1. The molecular formula is C51H57N9O6. The lowest BCUT2D eigenvalue weighted by Gasteiger charge is -2.41. The first-order valence-electron chi connectivity index (χ1n) is 23.6. The number of pyridine rings is 2. The van der Waals surface area contributed by atoms with Crippen LogP contribution >= 0.6 is 0 Å². The molecule has 66 heavy (non-hydrogen) atoms. The lowest BCUT2D eigenvalue weighted by atomic mass is 9.82. The number of ketones is 1. The summed E-state index contributed by atoms with van der Waals surface area (Å²) in [5.41, 5.74) is 5.90. The minimum atomic E-state index is -1.01. The highest BCUT2D eigenvalue weighted by molar-refractivity contribution is 6.05. The van der Waals surface area contributed by atoms with Gasteiger partial charge in [0.1, 0.15) is 17.5 Å². The molecule has 1 saturated carbocycles. The first-order valence-corrected chi connectivity index (χ1v) is 23.6. The molecule has 1 unspecified atom stereocenters. The van der Waals surface area contributed by atoms with Gasteiger partial charge in [-0.25, -0.2) is 9.97 Å². The van der Waals surface area contributed by atoms with Crippen LogP contribution in [0.1, 0.15) is 145 Å². The van der Waals surface area contributed by atoms with E-state index in [2.05, 4.69) is 62.7 Å². The average molecular weight is 892 g/mol. The second kappa shape index (κ2) is 17.5. The number of anilines is 3. The van der Waals surface area contributed by atoms with Gasteiger partial charge in [0.05, 0.1) is 11.2 Å². The number of nitrogens with zero attached hydrogens (tertiary/aromatic N) is 7. The van der Waals surface area contributed by atoms with Crippen LogP contribution in [0.5, 0.6) is 0 Å². The number of aryl methyl sites for hydroxylation is 1. The second-order valence-electron chi connectivity index (χ2n) is 19.1. The number of carbonyl (C=O) groups is 4. The minimum absolute atomic E-state index is 0.0103. The van der Waals surface area contributed by atoms with E-state index in [9.17, 15) is 29.1 Å². The summed E-state index contributed by atoms with van der Waals surface area (Å²) in [5.74, 6) is 0.183. The molecule has 2 aromatic carbocycles. The summed E-state index contributed by atoms with van der Waals surface area (Å²) < 4.78 is 1.72. The maximum Gasteiger partial charge on any atom is 0.263 e. The summed E-state index contributed by atoms with van der Waals surface area (Å²) in [6.45, 7) is 9.08. The van der Waals surface area contributed by atoms with E-state index < -0.39 is 17.6 Å². The Morgan fingerprint density at radius 2 is 1.64 bits per heavy atom. The highest BCUT2D eigenvalue weighted by Crippen LogP contribution is 2.39. The molecule has 3 amide bonds. The van der Waals surface area contributed by atoms with Crippen molar-refractivity contribution in [2.24, 2.45) is 0 Å². The summed E-state index contributed by atoms with van der Waals surface area (Å²) in [6.07, 6.45) is 11.2. The van der Waals surface area contributed by atoms with E-state index in [0.717, 1.165) is 75.8 Å². The third-order valence-electron chi connectivity index (χ3n) is 15.2. The van der Waals surface area contributed by atoms with Crippen LogP contribution in [-0.2, 0) is 21.7 Å². The molecule has 342 valence electrons. The highest BCUT2D eigenvalue weighted by Gasteiger charge is 2.41. The van der Waals surface area contributed by atoms with Crippen molar-refractivity contribution < 1.29 is 24.3 Å². The summed E-state index contributed by atoms with van der Waals surface area (Å²) >= 11 is 0. The molecule has 4 fully saturated rings. The summed E-state index contributed by atoms with van der Waals surface area (Å²) in [5, 5.41) is 18.2. The van der Waals surface area contributed by atoms with Crippen molar-refractivity contribution in [1.29, 1.82) is 0 Å². The van der Waals surface area contributed by atoms with Crippen LogP contribution in [-0.4, -0.2) is 90.2 Å². The molecule has 0 spiro atoms. The Morgan fingerprint density at radius 1 is 0.894 bits per heavy atom. The Kier molecular flexibility index (Phi) is 11.5. The molecule has 1 aliphatic carbocycles. The molecule has 3 N–H and O–H groups in total. The number of nitrogens with one attached hydrogen (secondary N) is 2. The van der Waals surface area contributed by atoms with Crippen LogP contribution in [0.3, 0.4) is 0 Å². The van der Waals surface area contributed by atoms with Crippen molar-refractivity contribution >= 4 is 52.0 Å². The molecule has 0 radical (unpaired) electrons. The molecule has 3 saturated heterocycles. The first kappa shape index (κ1) is 43.6. The molecule has 4 aliphatic heterocycles. The van der Waals surface area contributed by atoms with Gasteiger partial charge in [0, 0.05) is 80.3 Å². The fourth-order valence-electron chi connectivity index (χ4n) is 11.2. The molecule has 10 rings (SSSR count). The van der Waals surface area contributed by atoms with Crippen LogP contribution in [0.4, 0.5) is 17.5 Å². The summed E-state index contributed by atoms with van der Waals surface area (Å²) in [4.78, 5) is 84.1. The smallest absolute Gasteiger partial charge is 0.263 e. The third kappa shape index (κ3) is 8.05. The van der Waals surface area contributed by atoms with Crippen molar-refractivity contribution in [2.75, 3.05) is 36.4 Å². The Hall–Kier alpha value is -6.32. The van der Waals surface area contributed by atoms with Gasteiger partial charge >= 0.3 is 0 Å². The lowest BCUT2D eigenvalue weighted by molar-refractivity contribution is -0.136. The number of benzene rings is 2. The third-order valence-corrected chi connectivity index (χ3v) is 15.2. The number of amides is 3. The van der Waals surface area contributed by atoms with Crippen LogP contribution in [0.2, 0.25) is 0 Å². The molecular weight excluding hydrogens is 835 g/mol. The minimum Gasteiger partial charge on any atom is -0.385 e. The molecule has 3 aromatic heterocycles. The Morgan fingerprint density at radius 3 is 2.32 bits per heavy atom. The van der Waals surface area contributed by atoms with E-state index in [1.165, 1.54) is 23.7 Å². The van der Waals surface area contributed by atoms with Crippen molar-refractivity contribution in [1.82, 2.24) is 34.6 Å². The number of aromatic nitrogens is 4. The van der Waals surface area contributed by atoms with Gasteiger partial charge in [0.15, 0.2) is 5.78 Å². The fraction of sp³-hybridized carbons (Fsp3) is 0.451. The van der Waals surface area contributed by atoms with Gasteiger partial charge in [-0.3, -0.25) is 38.8 Å². The van der Waals surface area contributed by atoms with Gasteiger partial charge in [0.25, 0.3) is 11.5 Å². The molecule has 2 atom stereocenters. The van der Waals surface area contributed by atoms with Gasteiger partial charge in [-0.15, -0.1) is 0 Å². The van der Waals surface area contributed by atoms with E-state index in [1.807, 2.05) is 24.4 Å². The predicted octanol–water partition coefficient (Wildman–Crippen LogP) is 6.75. The maximum absolute atomic E-state index is 13.6. The second-order valence-corrected chi connectivity index (χ2v) is 19.1. The van der Waals surface area contributed by atoms with Crippen LogP contribution in [0.25, 0.3) is 11.0 Å². The van der Waals surface area contributed by atoms with Crippen LogP contribution < -0.4 is 21.1 Å². The number of carbonyl (C=O) groups excluding carboxylic acids is 4. The Labute approximate surface area is 383 Å². The van der Waals surface area contributed by atoms with Crippen molar-refractivity contribution in [3.05, 3.63) is 116 Å². The van der Waals surface area contributed by atoms with Gasteiger partial charge in [-0.1, -0.05) is 43.2 Å². The summed E-state index contributed by atoms with van der Waals surface area (Å²) in [7, 11) is 0. The van der Waals surface area contributed by atoms with E-state index in [4.69, 9.17) is 9.97 Å². The average Bonchev–Trinajstić information content (AvgIpc) is 3.97. The Balaban J connectivity index is 0.724. The van der Waals surface area contributed by atoms with Crippen molar-refractivity contribution in [3.8, 4) is 0 Å². The van der Waals surface area contributed by atoms with E-state index in [0.29, 0.717) is 59.1 Å². The molecule has 15 nitrogen and oxygen atoms in total. The fourth-order valence-corrected chi connectivity index (χ4v) is 11.2. The quantitative estimate of drug-likeness (QED) is 0.0993. The zero-order valence-electron chi connectivity index (χ0n) is 37.9. The molecule has 0 bridgehead atoms. The predicted molar refractivity (Wildman–Crippen MR) is 250 cm³/mol. The monoisotopic (exact) mass is 891 g/mol. The number of hydrogen-bond donors (Lipinski definition) is 3. The zero-order valence-corrected chi connectivity index (χ0v) is 37.9. The van der Waals surface area contributed by atoms with Gasteiger partial charge in [0.2, 0.25) is 17.8 Å². The van der Waals surface area contributed by atoms with Crippen LogP contribution in [0, 0.1) is 6.92 Å². The largest absolute Gasteiger partial charge is 0.385 e. The first-order chi connectivity index (χ1) is 31.8. The van der Waals surface area contributed by atoms with Gasteiger partial charge < -0.3 is 20.2 Å². The standard InChI is InChI=1S/C51H57N9O6/c1-30-41-28-53-50(56-46(41)60(39-6-4-5-7-39)49(65)45(30)32(3)61)54-43-16-10-35(27-52-43)34-18-22-58(23-19-34)38-12-8-33(9-13-38)31(2)57-24-20-51(66,21-25-57)37-11-14-40-36(26-37)29-59(48(40)64)42-15-17-44(62)55-47(42)63/h8-14,16,26-28,31,34,39,42,66H,4-7,15,17-25,29H2,1-3H3,(H,55,62,63)(H,52,53,54,56)/t31-,42?/m0/s1. The van der Waals surface area contributed by atoms with Gasteiger partial charge in [-0.05, 0) is 124 Å². The highest BCUT2D eigenvalue weighted by atomic mass is 16.3. The number of rotatable bonds is 10. The lowest BCUT2D eigenvalue weighted by Crippen LogP contribution is -2.52. The SMILES string of the molecule is CC(=O)c1c(C)c2cnc(Nc3ccc(C4CCN(c5ccc([C@H](C)N6CCC(O)(c7ccc8c(c7)CN(C7CCC(=O)NC7=O)C8=O)CC6)cc5)CC4)cn3)nc2n(C2CCCC2)c1=O. The molecule has 5 aliphatic rings. The molecule has 15 heteroatoms. The number of piperidine rings is 3. The van der Waals surface area contributed by atoms with Gasteiger partial charge in [-0.2, -0.15) is 4.98 Å². The molecule has 7 heterocycles. The number of aliphatic hydroxyl groups is 1. The topological polar surface area (TPSA) is 183 Å². The zero-order chi connectivity index (χ0) is 45.9. The van der Waals surface area contributed by atoms with E-state index in [-0.39, 0.29) is 53.8 Å². The van der Waals surface area contributed by atoms with Crippen molar-refractivity contribution in [2.45, 2.75) is 121 Å².